The molecule has 0 spiro atoms. The van der Waals surface area contributed by atoms with E-state index in [2.05, 4.69) is 51.4 Å². The van der Waals surface area contributed by atoms with Gasteiger partial charge in [0.1, 0.15) is 6.33 Å². The van der Waals surface area contributed by atoms with Crippen molar-refractivity contribution in [3.05, 3.63) is 12.2 Å². The van der Waals surface area contributed by atoms with E-state index >= 15 is 0 Å². The van der Waals surface area contributed by atoms with Crippen LogP contribution in [0.2, 0.25) is 0 Å². The van der Waals surface area contributed by atoms with Gasteiger partial charge in [-0.3, -0.25) is 5.10 Å². The molecule has 1 aliphatic rings. The highest BCUT2D eigenvalue weighted by Crippen LogP contribution is 2.29. The van der Waals surface area contributed by atoms with Crippen LogP contribution in [0.25, 0.3) is 11.6 Å². The predicted molar refractivity (Wildman–Crippen MR) is 86.4 cm³/mol. The molecule has 0 aliphatic heterocycles. The molecule has 0 bridgehead atoms. The number of rotatable bonds is 6. The summed E-state index contributed by atoms with van der Waals surface area (Å²) in [4.78, 5) is 8.53. The standard InChI is InChI=1S/C16H26N6O/c1-10(2)13(17-8-12-6-4-11(3)5-7-12)16-20-15(22-23-16)14-18-9-19-21-14/h9-13,17H,4-8H2,1-3H3,(H,18,19,21)/t11?,12?,13-/m1/s1. The summed E-state index contributed by atoms with van der Waals surface area (Å²) in [5.41, 5.74) is 0. The van der Waals surface area contributed by atoms with Gasteiger partial charge in [-0.2, -0.15) is 10.1 Å². The van der Waals surface area contributed by atoms with Crippen molar-refractivity contribution in [3.8, 4) is 11.6 Å². The number of hydrogen-bond acceptors (Lipinski definition) is 6. The summed E-state index contributed by atoms with van der Waals surface area (Å²) in [6, 6.07) is 0.0681. The van der Waals surface area contributed by atoms with Crippen LogP contribution in [0.1, 0.15) is 58.4 Å². The first-order valence-electron chi connectivity index (χ1n) is 8.56. The van der Waals surface area contributed by atoms with Crippen LogP contribution in [0.3, 0.4) is 0 Å². The molecule has 7 nitrogen and oxygen atoms in total. The van der Waals surface area contributed by atoms with E-state index in [1.165, 1.54) is 32.0 Å². The summed E-state index contributed by atoms with van der Waals surface area (Å²) in [5, 5.41) is 14.2. The van der Waals surface area contributed by atoms with E-state index < -0.39 is 0 Å². The fourth-order valence-corrected chi connectivity index (χ4v) is 3.21. The zero-order valence-corrected chi connectivity index (χ0v) is 14.1. The molecular weight excluding hydrogens is 292 g/mol. The smallest absolute Gasteiger partial charge is 0.244 e. The maximum Gasteiger partial charge on any atom is 0.244 e. The summed E-state index contributed by atoms with van der Waals surface area (Å²) in [6.45, 7) is 7.69. The van der Waals surface area contributed by atoms with Gasteiger partial charge in [0.2, 0.25) is 11.7 Å². The monoisotopic (exact) mass is 318 g/mol. The van der Waals surface area contributed by atoms with Crippen LogP contribution in [-0.2, 0) is 0 Å². The molecule has 23 heavy (non-hydrogen) atoms. The Labute approximate surface area is 136 Å². The molecule has 0 saturated heterocycles. The normalized spacial score (nSPS) is 23.3. The molecule has 2 N–H and O–H groups in total. The maximum atomic E-state index is 5.46. The number of nitrogens with zero attached hydrogens (tertiary/aromatic N) is 4. The van der Waals surface area contributed by atoms with Crippen molar-refractivity contribution < 1.29 is 4.52 Å². The van der Waals surface area contributed by atoms with Gasteiger partial charge in [0.25, 0.3) is 0 Å². The van der Waals surface area contributed by atoms with Gasteiger partial charge in [0.15, 0.2) is 5.82 Å². The van der Waals surface area contributed by atoms with Gasteiger partial charge in [-0.25, -0.2) is 4.98 Å². The first kappa shape index (κ1) is 16.1. The molecule has 0 aromatic carbocycles. The van der Waals surface area contributed by atoms with Crippen molar-refractivity contribution >= 4 is 0 Å². The van der Waals surface area contributed by atoms with Crippen LogP contribution in [0.4, 0.5) is 0 Å². The van der Waals surface area contributed by atoms with Gasteiger partial charge in [-0.05, 0) is 37.1 Å². The second kappa shape index (κ2) is 7.21. The minimum absolute atomic E-state index is 0.0681. The Balaban J connectivity index is 1.62. The van der Waals surface area contributed by atoms with Gasteiger partial charge >= 0.3 is 0 Å². The fraction of sp³-hybridized carbons (Fsp3) is 0.750. The van der Waals surface area contributed by atoms with E-state index in [0.717, 1.165) is 18.4 Å². The molecule has 3 rings (SSSR count). The summed E-state index contributed by atoms with van der Waals surface area (Å²) < 4.78 is 5.46. The Morgan fingerprint density at radius 3 is 2.74 bits per heavy atom. The number of aromatic nitrogens is 5. The summed E-state index contributed by atoms with van der Waals surface area (Å²) in [7, 11) is 0. The third kappa shape index (κ3) is 3.96. The average Bonchev–Trinajstić information content (AvgIpc) is 3.19. The molecule has 0 amide bonds. The minimum Gasteiger partial charge on any atom is -0.337 e. The van der Waals surface area contributed by atoms with Crippen molar-refractivity contribution in [2.45, 2.75) is 52.5 Å². The van der Waals surface area contributed by atoms with E-state index in [0.29, 0.717) is 23.5 Å². The lowest BCUT2D eigenvalue weighted by Crippen LogP contribution is -2.32. The van der Waals surface area contributed by atoms with E-state index in [-0.39, 0.29) is 6.04 Å². The third-order valence-electron chi connectivity index (χ3n) is 4.76. The molecule has 2 aromatic rings. The summed E-state index contributed by atoms with van der Waals surface area (Å²) in [5.74, 6) is 3.62. The van der Waals surface area contributed by atoms with Gasteiger partial charge in [0.05, 0.1) is 6.04 Å². The number of H-pyrrole nitrogens is 1. The van der Waals surface area contributed by atoms with Gasteiger partial charge in [-0.1, -0.05) is 38.8 Å². The lowest BCUT2D eigenvalue weighted by Gasteiger charge is -2.28. The zero-order valence-electron chi connectivity index (χ0n) is 14.1. The van der Waals surface area contributed by atoms with Crippen molar-refractivity contribution in [2.75, 3.05) is 6.54 Å². The molecule has 126 valence electrons. The van der Waals surface area contributed by atoms with Crippen LogP contribution < -0.4 is 5.32 Å². The van der Waals surface area contributed by atoms with Crippen molar-refractivity contribution in [3.63, 3.8) is 0 Å². The van der Waals surface area contributed by atoms with Crippen LogP contribution >= 0.6 is 0 Å². The van der Waals surface area contributed by atoms with Crippen molar-refractivity contribution in [1.82, 2.24) is 30.6 Å². The van der Waals surface area contributed by atoms with Crippen LogP contribution in [-0.4, -0.2) is 31.9 Å². The highest BCUT2D eigenvalue weighted by atomic mass is 16.5. The Hall–Kier alpha value is -1.76. The maximum absolute atomic E-state index is 5.46. The minimum atomic E-state index is 0.0681. The van der Waals surface area contributed by atoms with Crippen LogP contribution in [0.15, 0.2) is 10.9 Å². The number of hydrogen-bond donors (Lipinski definition) is 2. The lowest BCUT2D eigenvalue weighted by atomic mass is 9.83. The second-order valence-electron chi connectivity index (χ2n) is 7.05. The molecule has 1 saturated carbocycles. The lowest BCUT2D eigenvalue weighted by molar-refractivity contribution is 0.242. The van der Waals surface area contributed by atoms with Gasteiger partial charge < -0.3 is 9.84 Å². The molecule has 7 heteroatoms. The quantitative estimate of drug-likeness (QED) is 0.850. The van der Waals surface area contributed by atoms with Gasteiger partial charge in [-0.15, -0.1) is 0 Å². The molecule has 1 aliphatic carbocycles. The van der Waals surface area contributed by atoms with Crippen molar-refractivity contribution in [1.29, 1.82) is 0 Å². The Morgan fingerprint density at radius 1 is 1.30 bits per heavy atom. The first-order valence-corrected chi connectivity index (χ1v) is 8.56. The highest BCUT2D eigenvalue weighted by Gasteiger charge is 2.25. The van der Waals surface area contributed by atoms with Crippen LogP contribution in [0, 0.1) is 17.8 Å². The average molecular weight is 318 g/mol. The first-order chi connectivity index (χ1) is 11.1. The Kier molecular flexibility index (Phi) is 5.05. The second-order valence-corrected chi connectivity index (χ2v) is 7.05. The molecule has 2 aromatic heterocycles. The van der Waals surface area contributed by atoms with E-state index in [9.17, 15) is 0 Å². The molecule has 1 fully saturated rings. The molecule has 2 heterocycles. The topological polar surface area (TPSA) is 92.5 Å². The zero-order chi connectivity index (χ0) is 16.2. The third-order valence-corrected chi connectivity index (χ3v) is 4.76. The summed E-state index contributed by atoms with van der Waals surface area (Å²) in [6.07, 6.45) is 6.75. The summed E-state index contributed by atoms with van der Waals surface area (Å²) >= 11 is 0. The van der Waals surface area contributed by atoms with Crippen LogP contribution in [0.5, 0.6) is 0 Å². The Bertz CT molecular complexity index is 585. The molecule has 1 atom stereocenters. The molecule has 0 unspecified atom stereocenters. The number of aromatic amines is 1. The largest absolute Gasteiger partial charge is 0.337 e. The Morgan fingerprint density at radius 2 is 2.09 bits per heavy atom. The molecular formula is C16H26N6O. The molecule has 0 radical (unpaired) electrons. The predicted octanol–water partition coefficient (Wildman–Crippen LogP) is 2.97. The van der Waals surface area contributed by atoms with E-state index in [1.807, 2.05) is 0 Å². The number of nitrogens with one attached hydrogen (secondary N) is 2. The van der Waals surface area contributed by atoms with E-state index in [1.54, 1.807) is 0 Å². The highest BCUT2D eigenvalue weighted by molar-refractivity contribution is 5.39. The van der Waals surface area contributed by atoms with Gasteiger partial charge in [0, 0.05) is 0 Å². The SMILES string of the molecule is CC1CCC(CN[C@@H](c2nc(-c3ncn[nH]3)no2)C(C)C)CC1. The van der Waals surface area contributed by atoms with Crippen molar-refractivity contribution in [2.24, 2.45) is 17.8 Å². The van der Waals surface area contributed by atoms with E-state index in [4.69, 9.17) is 4.52 Å². The fourth-order valence-electron chi connectivity index (χ4n) is 3.21.